The molecule has 0 bridgehead atoms. The molecule has 0 aliphatic heterocycles. The molecule has 0 spiro atoms. The molecule has 0 saturated carbocycles. The molecule has 1 amide bonds. The summed E-state index contributed by atoms with van der Waals surface area (Å²) in [5.74, 6) is -1.17. The molecular weight excluding hydrogens is 310 g/mol. The maximum atomic E-state index is 11.9. The van der Waals surface area contributed by atoms with Gasteiger partial charge in [-0.2, -0.15) is 0 Å². The summed E-state index contributed by atoms with van der Waals surface area (Å²) in [6.07, 6.45) is 2.96. The number of amides is 1. The standard InChI is InChI=1S/C13H12ClN5O3/c1-7(12(20)19-9-3-2-8(14)6-18-9)22-13(21)10-11(15)17-5-4-16-10/h2-7H,1H3,(H2,15,17)(H,18,19,20). The van der Waals surface area contributed by atoms with Crippen LogP contribution in [0.4, 0.5) is 11.6 Å². The summed E-state index contributed by atoms with van der Waals surface area (Å²) in [5, 5.41) is 2.93. The second-order valence-corrected chi connectivity index (χ2v) is 4.63. The third kappa shape index (κ3) is 3.89. The Morgan fingerprint density at radius 1 is 1.27 bits per heavy atom. The minimum Gasteiger partial charge on any atom is -0.448 e. The zero-order valence-corrected chi connectivity index (χ0v) is 12.2. The van der Waals surface area contributed by atoms with Gasteiger partial charge in [-0.05, 0) is 19.1 Å². The van der Waals surface area contributed by atoms with Crippen LogP contribution in [0.2, 0.25) is 5.02 Å². The molecule has 0 radical (unpaired) electrons. The third-order valence-electron chi connectivity index (χ3n) is 2.55. The van der Waals surface area contributed by atoms with E-state index in [1.54, 1.807) is 6.07 Å². The van der Waals surface area contributed by atoms with Crippen LogP contribution in [0.25, 0.3) is 0 Å². The van der Waals surface area contributed by atoms with Crippen LogP contribution in [0.15, 0.2) is 30.7 Å². The van der Waals surface area contributed by atoms with Crippen molar-refractivity contribution in [3.63, 3.8) is 0 Å². The van der Waals surface area contributed by atoms with Crippen molar-refractivity contribution in [3.8, 4) is 0 Å². The van der Waals surface area contributed by atoms with E-state index in [4.69, 9.17) is 22.1 Å². The van der Waals surface area contributed by atoms with Crippen LogP contribution in [-0.4, -0.2) is 32.9 Å². The number of anilines is 2. The van der Waals surface area contributed by atoms with Gasteiger partial charge in [0.25, 0.3) is 5.91 Å². The number of rotatable bonds is 4. The molecule has 0 saturated heterocycles. The topological polar surface area (TPSA) is 120 Å². The minimum atomic E-state index is -1.06. The molecule has 0 aromatic carbocycles. The van der Waals surface area contributed by atoms with E-state index < -0.39 is 18.0 Å². The summed E-state index contributed by atoms with van der Waals surface area (Å²) >= 11 is 5.69. The molecule has 9 heteroatoms. The lowest BCUT2D eigenvalue weighted by Crippen LogP contribution is -2.30. The van der Waals surface area contributed by atoms with Gasteiger partial charge in [0.05, 0.1) is 5.02 Å². The Kier molecular flexibility index (Phi) is 4.84. The Bertz CT molecular complexity index is 692. The molecule has 1 atom stereocenters. The second kappa shape index (κ2) is 6.81. The average Bonchev–Trinajstić information content (AvgIpc) is 2.49. The third-order valence-corrected chi connectivity index (χ3v) is 2.78. The van der Waals surface area contributed by atoms with Gasteiger partial charge in [-0.25, -0.2) is 19.7 Å². The summed E-state index contributed by atoms with van der Waals surface area (Å²) in [5.41, 5.74) is 5.37. The predicted octanol–water partition coefficient (Wildman–Crippen LogP) is 1.29. The number of carbonyl (C=O) groups is 2. The van der Waals surface area contributed by atoms with E-state index in [0.29, 0.717) is 5.02 Å². The van der Waals surface area contributed by atoms with Crippen LogP contribution in [0, 0.1) is 0 Å². The Morgan fingerprint density at radius 2 is 2.00 bits per heavy atom. The summed E-state index contributed by atoms with van der Waals surface area (Å²) in [4.78, 5) is 35.2. The van der Waals surface area contributed by atoms with Crippen LogP contribution in [-0.2, 0) is 9.53 Å². The number of hydrogen-bond donors (Lipinski definition) is 2. The van der Waals surface area contributed by atoms with Gasteiger partial charge in [0, 0.05) is 18.6 Å². The highest BCUT2D eigenvalue weighted by molar-refractivity contribution is 6.30. The average molecular weight is 322 g/mol. The first-order valence-electron chi connectivity index (χ1n) is 6.17. The quantitative estimate of drug-likeness (QED) is 0.814. The number of hydrogen-bond acceptors (Lipinski definition) is 7. The largest absolute Gasteiger partial charge is 0.448 e. The summed E-state index contributed by atoms with van der Waals surface area (Å²) in [6, 6.07) is 3.09. The van der Waals surface area contributed by atoms with E-state index in [2.05, 4.69) is 20.3 Å². The van der Waals surface area contributed by atoms with E-state index in [-0.39, 0.29) is 17.3 Å². The van der Waals surface area contributed by atoms with Gasteiger partial charge >= 0.3 is 5.97 Å². The number of nitrogens with zero attached hydrogens (tertiary/aromatic N) is 3. The normalized spacial score (nSPS) is 11.5. The van der Waals surface area contributed by atoms with E-state index >= 15 is 0 Å². The second-order valence-electron chi connectivity index (χ2n) is 4.19. The van der Waals surface area contributed by atoms with E-state index in [1.165, 1.54) is 31.6 Å². The van der Waals surface area contributed by atoms with Gasteiger partial charge in [0.15, 0.2) is 17.6 Å². The van der Waals surface area contributed by atoms with Crippen molar-refractivity contribution in [1.82, 2.24) is 15.0 Å². The molecule has 0 aliphatic rings. The molecule has 2 rings (SSSR count). The molecule has 3 N–H and O–H groups in total. The first kappa shape index (κ1) is 15.6. The van der Waals surface area contributed by atoms with Crippen molar-refractivity contribution in [1.29, 1.82) is 0 Å². The Labute approximate surface area is 130 Å². The highest BCUT2D eigenvalue weighted by Gasteiger charge is 2.22. The number of nitrogens with two attached hydrogens (primary N) is 1. The van der Waals surface area contributed by atoms with Gasteiger partial charge in [0.2, 0.25) is 0 Å². The molecule has 2 aromatic rings. The van der Waals surface area contributed by atoms with Crippen molar-refractivity contribution in [2.45, 2.75) is 13.0 Å². The molecule has 0 fully saturated rings. The molecular formula is C13H12ClN5O3. The lowest BCUT2D eigenvalue weighted by atomic mass is 10.3. The zero-order chi connectivity index (χ0) is 16.1. The van der Waals surface area contributed by atoms with Crippen molar-refractivity contribution >= 4 is 35.1 Å². The van der Waals surface area contributed by atoms with Gasteiger partial charge in [-0.15, -0.1) is 0 Å². The number of ether oxygens (including phenoxy) is 1. The fourth-order valence-corrected chi connectivity index (χ4v) is 1.57. The van der Waals surface area contributed by atoms with Crippen LogP contribution < -0.4 is 11.1 Å². The number of halogens is 1. The molecule has 114 valence electrons. The highest BCUT2D eigenvalue weighted by Crippen LogP contribution is 2.11. The van der Waals surface area contributed by atoms with Crippen molar-refractivity contribution in [3.05, 3.63) is 41.4 Å². The van der Waals surface area contributed by atoms with Gasteiger partial charge in [-0.1, -0.05) is 11.6 Å². The first-order chi connectivity index (χ1) is 10.5. The van der Waals surface area contributed by atoms with Crippen molar-refractivity contribution < 1.29 is 14.3 Å². The summed E-state index contributed by atoms with van der Waals surface area (Å²) < 4.78 is 4.99. The predicted molar refractivity (Wildman–Crippen MR) is 79.2 cm³/mol. The lowest BCUT2D eigenvalue weighted by molar-refractivity contribution is -0.123. The van der Waals surface area contributed by atoms with Crippen LogP contribution >= 0.6 is 11.6 Å². The molecule has 8 nitrogen and oxygen atoms in total. The summed E-state index contributed by atoms with van der Waals surface area (Å²) in [7, 11) is 0. The van der Waals surface area contributed by atoms with Crippen LogP contribution in [0.1, 0.15) is 17.4 Å². The smallest absolute Gasteiger partial charge is 0.361 e. The molecule has 22 heavy (non-hydrogen) atoms. The summed E-state index contributed by atoms with van der Waals surface area (Å²) in [6.45, 7) is 1.41. The SMILES string of the molecule is CC(OC(=O)c1nccnc1N)C(=O)Nc1ccc(Cl)cn1. The van der Waals surface area contributed by atoms with Crippen molar-refractivity contribution in [2.24, 2.45) is 0 Å². The zero-order valence-electron chi connectivity index (χ0n) is 11.5. The highest BCUT2D eigenvalue weighted by atomic mass is 35.5. The van der Waals surface area contributed by atoms with E-state index in [0.717, 1.165) is 0 Å². The maximum absolute atomic E-state index is 11.9. The number of esters is 1. The Balaban J connectivity index is 1.98. The van der Waals surface area contributed by atoms with Gasteiger partial charge in [-0.3, -0.25) is 4.79 Å². The minimum absolute atomic E-state index is 0.0699. The maximum Gasteiger partial charge on any atom is 0.361 e. The number of pyridine rings is 1. The molecule has 2 aromatic heterocycles. The Hall–Kier alpha value is -2.74. The van der Waals surface area contributed by atoms with Gasteiger partial charge in [0.1, 0.15) is 5.82 Å². The van der Waals surface area contributed by atoms with Crippen LogP contribution in [0.5, 0.6) is 0 Å². The fraction of sp³-hybridized carbons (Fsp3) is 0.154. The fourth-order valence-electron chi connectivity index (χ4n) is 1.45. The monoisotopic (exact) mass is 321 g/mol. The van der Waals surface area contributed by atoms with E-state index in [9.17, 15) is 9.59 Å². The van der Waals surface area contributed by atoms with E-state index in [1.807, 2.05) is 0 Å². The van der Waals surface area contributed by atoms with Gasteiger partial charge < -0.3 is 15.8 Å². The number of carbonyl (C=O) groups excluding carboxylic acids is 2. The molecule has 2 heterocycles. The number of aromatic nitrogens is 3. The Morgan fingerprint density at radius 3 is 2.64 bits per heavy atom. The number of nitrogens with one attached hydrogen (secondary N) is 1. The van der Waals surface area contributed by atoms with Crippen molar-refractivity contribution in [2.75, 3.05) is 11.1 Å². The molecule has 0 aliphatic carbocycles. The number of nitrogen functional groups attached to an aromatic ring is 1. The van der Waals surface area contributed by atoms with Crippen LogP contribution in [0.3, 0.4) is 0 Å². The molecule has 1 unspecified atom stereocenters. The lowest BCUT2D eigenvalue weighted by Gasteiger charge is -2.13. The first-order valence-corrected chi connectivity index (χ1v) is 6.55.